The van der Waals surface area contributed by atoms with E-state index in [2.05, 4.69) is 11.0 Å². The second-order valence-corrected chi connectivity index (χ2v) is 5.03. The van der Waals surface area contributed by atoms with Gasteiger partial charge >= 0.3 is 5.97 Å². The highest BCUT2D eigenvalue weighted by molar-refractivity contribution is 5.67. The fourth-order valence-electron chi connectivity index (χ4n) is 2.64. The van der Waals surface area contributed by atoms with E-state index in [1.165, 1.54) is 5.56 Å². The zero-order valence-electron chi connectivity index (χ0n) is 11.3. The molecule has 1 aliphatic heterocycles. The molecule has 1 fully saturated rings. The number of carboxylic acid groups (broad SMARTS) is 1. The Kier molecular flexibility index (Phi) is 4.80. The number of benzene rings is 1. The molecule has 2 rings (SSSR count). The summed E-state index contributed by atoms with van der Waals surface area (Å²) in [6.45, 7) is 5.33. The standard InChI is InChI=1S/C15H21NO3/c1-2-19-14-6-4-3-5-13(14)11-16-8-7-12(10-16)9-15(17)18/h3-6,12H,2,7-11H2,1H3,(H,17,18). The van der Waals surface area contributed by atoms with Crippen molar-refractivity contribution in [3.05, 3.63) is 29.8 Å². The quantitative estimate of drug-likeness (QED) is 0.856. The van der Waals surface area contributed by atoms with Crippen molar-refractivity contribution in [2.75, 3.05) is 19.7 Å². The Bertz CT molecular complexity index is 433. The van der Waals surface area contributed by atoms with E-state index in [0.29, 0.717) is 6.61 Å². The largest absolute Gasteiger partial charge is 0.494 e. The minimum absolute atomic E-state index is 0.281. The number of rotatable bonds is 6. The molecule has 1 heterocycles. The van der Waals surface area contributed by atoms with Crippen LogP contribution in [0.5, 0.6) is 5.75 Å². The average Bonchev–Trinajstić information content (AvgIpc) is 2.78. The van der Waals surface area contributed by atoms with Crippen molar-refractivity contribution < 1.29 is 14.6 Å². The number of aliphatic carboxylic acids is 1. The molecule has 4 heteroatoms. The summed E-state index contributed by atoms with van der Waals surface area (Å²) in [5, 5.41) is 8.83. The number of hydrogen-bond donors (Lipinski definition) is 1. The summed E-state index contributed by atoms with van der Waals surface area (Å²) >= 11 is 0. The van der Waals surface area contributed by atoms with Crippen LogP contribution in [-0.4, -0.2) is 35.7 Å². The summed E-state index contributed by atoms with van der Waals surface area (Å²) in [6, 6.07) is 8.06. The topological polar surface area (TPSA) is 49.8 Å². The van der Waals surface area contributed by atoms with Gasteiger partial charge in [-0.2, -0.15) is 0 Å². The molecular weight excluding hydrogens is 242 g/mol. The Morgan fingerprint density at radius 1 is 1.47 bits per heavy atom. The van der Waals surface area contributed by atoms with Crippen LogP contribution in [0.1, 0.15) is 25.3 Å². The summed E-state index contributed by atoms with van der Waals surface area (Å²) in [5.41, 5.74) is 1.18. The second-order valence-electron chi connectivity index (χ2n) is 5.03. The van der Waals surface area contributed by atoms with Gasteiger partial charge in [-0.1, -0.05) is 18.2 Å². The molecule has 4 nitrogen and oxygen atoms in total. The minimum atomic E-state index is -0.693. The molecule has 19 heavy (non-hydrogen) atoms. The van der Waals surface area contributed by atoms with Gasteiger partial charge in [0, 0.05) is 25.1 Å². The van der Waals surface area contributed by atoms with Gasteiger partial charge < -0.3 is 9.84 Å². The fraction of sp³-hybridized carbons (Fsp3) is 0.533. The third kappa shape index (κ3) is 3.96. The van der Waals surface area contributed by atoms with Gasteiger partial charge in [-0.3, -0.25) is 9.69 Å². The van der Waals surface area contributed by atoms with E-state index in [4.69, 9.17) is 9.84 Å². The highest BCUT2D eigenvalue weighted by atomic mass is 16.5. The minimum Gasteiger partial charge on any atom is -0.494 e. The molecule has 1 N–H and O–H groups in total. The number of para-hydroxylation sites is 1. The molecule has 0 bridgehead atoms. The van der Waals surface area contributed by atoms with Gasteiger partial charge in [0.05, 0.1) is 6.61 Å². The first-order valence-corrected chi connectivity index (χ1v) is 6.84. The maximum atomic E-state index is 10.7. The van der Waals surface area contributed by atoms with Crippen molar-refractivity contribution in [1.82, 2.24) is 4.90 Å². The van der Waals surface area contributed by atoms with Crippen molar-refractivity contribution in [3.63, 3.8) is 0 Å². The van der Waals surface area contributed by atoms with E-state index in [1.54, 1.807) is 0 Å². The molecule has 1 atom stereocenters. The van der Waals surface area contributed by atoms with E-state index in [0.717, 1.165) is 31.8 Å². The second kappa shape index (κ2) is 6.57. The summed E-state index contributed by atoms with van der Waals surface area (Å²) in [6.07, 6.45) is 1.26. The Morgan fingerprint density at radius 2 is 2.26 bits per heavy atom. The van der Waals surface area contributed by atoms with E-state index >= 15 is 0 Å². The molecule has 0 saturated carbocycles. The fourth-order valence-corrected chi connectivity index (χ4v) is 2.64. The first-order chi connectivity index (χ1) is 9.19. The summed E-state index contributed by atoms with van der Waals surface area (Å²) < 4.78 is 5.62. The monoisotopic (exact) mass is 263 g/mol. The van der Waals surface area contributed by atoms with Crippen LogP contribution in [0.3, 0.4) is 0 Å². The van der Waals surface area contributed by atoms with E-state index < -0.39 is 5.97 Å². The van der Waals surface area contributed by atoms with Gasteiger partial charge in [0.1, 0.15) is 5.75 Å². The number of nitrogens with zero attached hydrogens (tertiary/aromatic N) is 1. The van der Waals surface area contributed by atoms with Gasteiger partial charge in [0.25, 0.3) is 0 Å². The first-order valence-electron chi connectivity index (χ1n) is 6.84. The molecule has 0 aliphatic carbocycles. The molecule has 0 spiro atoms. The molecule has 0 radical (unpaired) electrons. The third-order valence-electron chi connectivity index (χ3n) is 3.50. The molecule has 0 aromatic heterocycles. The van der Waals surface area contributed by atoms with Crippen molar-refractivity contribution >= 4 is 5.97 Å². The summed E-state index contributed by atoms with van der Waals surface area (Å²) in [5.74, 6) is 0.532. The number of likely N-dealkylation sites (tertiary alicyclic amines) is 1. The molecule has 1 aromatic rings. The third-order valence-corrected chi connectivity index (χ3v) is 3.50. The predicted molar refractivity (Wildman–Crippen MR) is 73.2 cm³/mol. The van der Waals surface area contributed by atoms with Crippen LogP contribution in [0, 0.1) is 5.92 Å². The lowest BCUT2D eigenvalue weighted by Gasteiger charge is -2.18. The summed E-state index contributed by atoms with van der Waals surface area (Å²) in [7, 11) is 0. The summed E-state index contributed by atoms with van der Waals surface area (Å²) in [4.78, 5) is 13.0. The van der Waals surface area contributed by atoms with Crippen molar-refractivity contribution in [3.8, 4) is 5.75 Å². The van der Waals surface area contributed by atoms with Gasteiger partial charge in [0.15, 0.2) is 0 Å². The Balaban J connectivity index is 1.93. The molecule has 1 unspecified atom stereocenters. The highest BCUT2D eigenvalue weighted by Crippen LogP contribution is 2.25. The molecule has 1 aliphatic rings. The first kappa shape index (κ1) is 13.9. The van der Waals surface area contributed by atoms with Crippen LogP contribution in [0.15, 0.2) is 24.3 Å². The van der Waals surface area contributed by atoms with Crippen molar-refractivity contribution in [2.45, 2.75) is 26.3 Å². The number of ether oxygens (including phenoxy) is 1. The normalized spacial score (nSPS) is 19.5. The molecule has 1 aromatic carbocycles. The van der Waals surface area contributed by atoms with Crippen LogP contribution in [0.4, 0.5) is 0 Å². The average molecular weight is 263 g/mol. The van der Waals surface area contributed by atoms with E-state index in [-0.39, 0.29) is 12.3 Å². The van der Waals surface area contributed by atoms with E-state index in [1.807, 2.05) is 25.1 Å². The van der Waals surface area contributed by atoms with Gasteiger partial charge in [-0.15, -0.1) is 0 Å². The molecule has 104 valence electrons. The lowest BCUT2D eigenvalue weighted by molar-refractivity contribution is -0.138. The zero-order valence-corrected chi connectivity index (χ0v) is 11.3. The van der Waals surface area contributed by atoms with Crippen LogP contribution in [-0.2, 0) is 11.3 Å². The van der Waals surface area contributed by atoms with Crippen LogP contribution in [0.2, 0.25) is 0 Å². The van der Waals surface area contributed by atoms with Crippen molar-refractivity contribution in [2.24, 2.45) is 5.92 Å². The Hall–Kier alpha value is -1.55. The van der Waals surface area contributed by atoms with Gasteiger partial charge in [-0.05, 0) is 31.9 Å². The maximum absolute atomic E-state index is 10.7. The highest BCUT2D eigenvalue weighted by Gasteiger charge is 2.24. The smallest absolute Gasteiger partial charge is 0.303 e. The number of carboxylic acids is 1. The van der Waals surface area contributed by atoms with Crippen LogP contribution in [0.25, 0.3) is 0 Å². The number of hydrogen-bond acceptors (Lipinski definition) is 3. The van der Waals surface area contributed by atoms with E-state index in [9.17, 15) is 4.79 Å². The molecule has 0 amide bonds. The predicted octanol–water partition coefficient (Wildman–Crippen LogP) is 2.38. The van der Waals surface area contributed by atoms with Crippen LogP contribution >= 0.6 is 0 Å². The van der Waals surface area contributed by atoms with Gasteiger partial charge in [-0.25, -0.2) is 0 Å². The Labute approximate surface area is 114 Å². The SMILES string of the molecule is CCOc1ccccc1CN1CCC(CC(=O)O)C1. The van der Waals surface area contributed by atoms with Crippen LogP contribution < -0.4 is 4.74 Å². The lowest BCUT2D eigenvalue weighted by atomic mass is 10.1. The Morgan fingerprint density at radius 3 is 3.00 bits per heavy atom. The van der Waals surface area contributed by atoms with Gasteiger partial charge in [0.2, 0.25) is 0 Å². The zero-order chi connectivity index (χ0) is 13.7. The molecule has 1 saturated heterocycles. The maximum Gasteiger partial charge on any atom is 0.303 e. The lowest BCUT2D eigenvalue weighted by Crippen LogP contribution is -2.21. The van der Waals surface area contributed by atoms with Crippen molar-refractivity contribution in [1.29, 1.82) is 0 Å². The number of carbonyl (C=O) groups is 1. The molecular formula is C15H21NO3.